The first kappa shape index (κ1) is 15.8. The summed E-state index contributed by atoms with van der Waals surface area (Å²) in [4.78, 5) is 11.6. The zero-order chi connectivity index (χ0) is 13.6. The number of hydrogen-bond acceptors (Lipinski definition) is 3. The second kappa shape index (κ2) is 7.39. The number of primary amides is 1. The molecule has 1 atom stereocenters. The van der Waals surface area contributed by atoms with E-state index in [0.717, 1.165) is 23.8 Å². The monoisotopic (exact) mass is 272 g/mol. The van der Waals surface area contributed by atoms with E-state index in [0.29, 0.717) is 0 Å². The Labute approximate surface area is 116 Å². The van der Waals surface area contributed by atoms with E-state index in [1.54, 1.807) is 0 Å². The summed E-state index contributed by atoms with van der Waals surface area (Å²) < 4.78 is 0. The van der Waals surface area contributed by atoms with Crippen LogP contribution in [0.5, 0.6) is 0 Å². The number of nitrogens with two attached hydrogens (primary N) is 1. The minimum atomic E-state index is -0.551. The van der Waals surface area contributed by atoms with Crippen LogP contribution >= 0.6 is 11.8 Å². The van der Waals surface area contributed by atoms with Crippen molar-refractivity contribution >= 4 is 17.7 Å². The fourth-order valence-electron chi connectivity index (χ4n) is 2.63. The van der Waals surface area contributed by atoms with Crippen molar-refractivity contribution in [1.82, 2.24) is 5.32 Å². The molecule has 1 amide bonds. The molecule has 0 spiro atoms. The van der Waals surface area contributed by atoms with Gasteiger partial charge in [0.2, 0.25) is 5.91 Å². The van der Waals surface area contributed by atoms with Crippen LogP contribution in [0, 0.1) is 0 Å². The Kier molecular flexibility index (Phi) is 6.50. The van der Waals surface area contributed by atoms with Gasteiger partial charge >= 0.3 is 0 Å². The maximum Gasteiger partial charge on any atom is 0.237 e. The van der Waals surface area contributed by atoms with Gasteiger partial charge in [0.25, 0.3) is 0 Å². The van der Waals surface area contributed by atoms with E-state index >= 15 is 0 Å². The smallest absolute Gasteiger partial charge is 0.237 e. The molecule has 3 nitrogen and oxygen atoms in total. The molecule has 0 aromatic carbocycles. The van der Waals surface area contributed by atoms with Crippen molar-refractivity contribution in [3.8, 4) is 0 Å². The maximum absolute atomic E-state index is 11.6. The molecule has 0 bridgehead atoms. The third-order valence-corrected chi connectivity index (χ3v) is 5.10. The van der Waals surface area contributed by atoms with Crippen molar-refractivity contribution in [2.45, 2.75) is 76.1 Å². The molecule has 0 saturated heterocycles. The van der Waals surface area contributed by atoms with Crippen LogP contribution in [0.25, 0.3) is 0 Å². The van der Waals surface area contributed by atoms with Gasteiger partial charge in [0.15, 0.2) is 0 Å². The molecule has 4 heteroatoms. The van der Waals surface area contributed by atoms with Gasteiger partial charge in [-0.1, -0.05) is 12.8 Å². The average Bonchev–Trinajstić information content (AvgIpc) is 2.76. The summed E-state index contributed by atoms with van der Waals surface area (Å²) >= 11 is 2.08. The average molecular weight is 272 g/mol. The molecule has 18 heavy (non-hydrogen) atoms. The van der Waals surface area contributed by atoms with Crippen molar-refractivity contribution in [2.75, 3.05) is 5.75 Å². The van der Waals surface area contributed by atoms with Crippen LogP contribution in [0.15, 0.2) is 0 Å². The molecule has 0 aromatic rings. The fraction of sp³-hybridized carbons (Fsp3) is 0.929. The van der Waals surface area contributed by atoms with Crippen LogP contribution in [0.4, 0.5) is 0 Å². The van der Waals surface area contributed by atoms with Gasteiger partial charge in [-0.05, 0) is 52.2 Å². The van der Waals surface area contributed by atoms with Crippen LogP contribution in [0.2, 0.25) is 0 Å². The first-order valence-corrected chi connectivity index (χ1v) is 8.18. The van der Waals surface area contributed by atoms with E-state index in [1.165, 1.54) is 25.7 Å². The number of nitrogens with one attached hydrogen (secondary N) is 1. The lowest BCUT2D eigenvalue weighted by Crippen LogP contribution is -2.55. The summed E-state index contributed by atoms with van der Waals surface area (Å²) in [6.45, 7) is 6.03. The van der Waals surface area contributed by atoms with Crippen LogP contribution in [0.3, 0.4) is 0 Å². The number of amides is 1. The molecular weight excluding hydrogens is 244 g/mol. The highest BCUT2D eigenvalue weighted by Crippen LogP contribution is 2.30. The highest BCUT2D eigenvalue weighted by Gasteiger charge is 2.30. The van der Waals surface area contributed by atoms with E-state index in [9.17, 15) is 4.79 Å². The number of thioether (sulfide) groups is 1. The highest BCUT2D eigenvalue weighted by atomic mass is 32.2. The summed E-state index contributed by atoms with van der Waals surface area (Å²) in [6, 6.07) is 0.282. The van der Waals surface area contributed by atoms with E-state index in [1.807, 2.05) is 6.92 Å². The molecule has 0 radical (unpaired) electrons. The number of hydrogen-bond donors (Lipinski definition) is 2. The van der Waals surface area contributed by atoms with Crippen LogP contribution in [-0.4, -0.2) is 28.5 Å². The summed E-state index contributed by atoms with van der Waals surface area (Å²) in [5.74, 6) is 0.912. The van der Waals surface area contributed by atoms with E-state index in [2.05, 4.69) is 30.9 Å². The second-order valence-corrected chi connectivity index (χ2v) is 7.28. The summed E-state index contributed by atoms with van der Waals surface area (Å²) in [7, 11) is 0. The SMILES string of the molecule is CC(C)NC(C)(CCCSC1CCCC1)C(N)=O. The largest absolute Gasteiger partial charge is 0.368 e. The van der Waals surface area contributed by atoms with Gasteiger partial charge in [-0.3, -0.25) is 4.79 Å². The summed E-state index contributed by atoms with van der Waals surface area (Å²) in [5.41, 5.74) is 4.96. The zero-order valence-corrected chi connectivity index (χ0v) is 12.8. The first-order chi connectivity index (χ1) is 8.44. The number of rotatable bonds is 8. The van der Waals surface area contributed by atoms with E-state index < -0.39 is 5.54 Å². The fourth-order valence-corrected chi connectivity index (χ4v) is 3.95. The second-order valence-electron chi connectivity index (χ2n) is 5.88. The zero-order valence-electron chi connectivity index (χ0n) is 12.0. The molecule has 1 saturated carbocycles. The summed E-state index contributed by atoms with van der Waals surface area (Å²) in [5, 5.41) is 4.16. The number of carbonyl (C=O) groups excluding carboxylic acids is 1. The molecule has 1 rings (SSSR count). The van der Waals surface area contributed by atoms with Crippen molar-refractivity contribution in [1.29, 1.82) is 0 Å². The lowest BCUT2D eigenvalue weighted by Gasteiger charge is -2.30. The standard InChI is InChI=1S/C14H28N2OS/c1-11(2)16-14(3,13(15)17)9-6-10-18-12-7-4-5-8-12/h11-12,16H,4-10H2,1-3H3,(H2,15,17). The molecule has 1 unspecified atom stereocenters. The molecular formula is C14H28N2OS. The van der Waals surface area contributed by atoms with E-state index in [-0.39, 0.29) is 11.9 Å². The topological polar surface area (TPSA) is 55.1 Å². The van der Waals surface area contributed by atoms with Crippen LogP contribution in [-0.2, 0) is 4.79 Å². The van der Waals surface area contributed by atoms with Gasteiger partial charge in [0.1, 0.15) is 0 Å². The molecule has 106 valence electrons. The van der Waals surface area contributed by atoms with Crippen molar-refractivity contribution in [3.05, 3.63) is 0 Å². The van der Waals surface area contributed by atoms with Gasteiger partial charge in [-0.2, -0.15) is 11.8 Å². The Bertz CT molecular complexity index is 265. The molecule has 1 aliphatic carbocycles. The maximum atomic E-state index is 11.6. The van der Waals surface area contributed by atoms with Gasteiger partial charge in [0, 0.05) is 11.3 Å². The number of carbonyl (C=O) groups is 1. The quantitative estimate of drug-likeness (QED) is 0.668. The third-order valence-electron chi connectivity index (χ3n) is 3.63. The Balaban J connectivity index is 2.26. The predicted molar refractivity (Wildman–Crippen MR) is 79.8 cm³/mol. The Morgan fingerprint density at radius 2 is 2.06 bits per heavy atom. The van der Waals surface area contributed by atoms with Gasteiger partial charge in [-0.25, -0.2) is 0 Å². The third kappa shape index (κ3) is 5.19. The first-order valence-electron chi connectivity index (χ1n) is 7.13. The Hall–Kier alpha value is -0.220. The predicted octanol–water partition coefficient (Wildman–Crippen LogP) is 2.68. The van der Waals surface area contributed by atoms with Crippen molar-refractivity contribution in [2.24, 2.45) is 5.73 Å². The van der Waals surface area contributed by atoms with Crippen LogP contribution in [0.1, 0.15) is 59.3 Å². The molecule has 0 aromatic heterocycles. The minimum Gasteiger partial charge on any atom is -0.368 e. The minimum absolute atomic E-state index is 0.234. The van der Waals surface area contributed by atoms with Gasteiger partial charge < -0.3 is 11.1 Å². The lowest BCUT2D eigenvalue weighted by molar-refractivity contribution is -0.124. The van der Waals surface area contributed by atoms with E-state index in [4.69, 9.17) is 5.73 Å². The summed E-state index contributed by atoms with van der Waals surface area (Å²) in [6.07, 6.45) is 7.43. The Morgan fingerprint density at radius 3 is 2.56 bits per heavy atom. The molecule has 1 fully saturated rings. The molecule has 0 aliphatic heterocycles. The van der Waals surface area contributed by atoms with Crippen molar-refractivity contribution in [3.63, 3.8) is 0 Å². The van der Waals surface area contributed by atoms with Gasteiger partial charge in [0.05, 0.1) is 5.54 Å². The Morgan fingerprint density at radius 1 is 1.44 bits per heavy atom. The molecule has 0 heterocycles. The van der Waals surface area contributed by atoms with Crippen LogP contribution < -0.4 is 11.1 Å². The normalized spacial score (nSPS) is 20.2. The highest BCUT2D eigenvalue weighted by molar-refractivity contribution is 7.99. The lowest BCUT2D eigenvalue weighted by atomic mass is 9.94. The van der Waals surface area contributed by atoms with Gasteiger partial charge in [-0.15, -0.1) is 0 Å². The molecule has 1 aliphatic rings. The molecule has 3 N–H and O–H groups in total. The van der Waals surface area contributed by atoms with Crippen molar-refractivity contribution < 1.29 is 4.79 Å².